The molecule has 0 spiro atoms. The van der Waals surface area contributed by atoms with Gasteiger partial charge in [0.2, 0.25) is 0 Å². The monoisotopic (exact) mass is 269 g/mol. The van der Waals surface area contributed by atoms with Crippen LogP contribution in [-0.2, 0) is 20.1 Å². The molecule has 0 radical (unpaired) electrons. The van der Waals surface area contributed by atoms with Crippen LogP contribution in [0.5, 0.6) is 0 Å². The van der Waals surface area contributed by atoms with E-state index in [2.05, 4.69) is 30.2 Å². The SMILES string of the molecule is Cc1cc(CNCc2ncc(Cl)n2C)sc1C. The Morgan fingerprint density at radius 1 is 1.41 bits per heavy atom. The van der Waals surface area contributed by atoms with Crippen molar-refractivity contribution >= 4 is 22.9 Å². The molecule has 5 heteroatoms. The largest absolute Gasteiger partial charge is 0.321 e. The van der Waals surface area contributed by atoms with Crippen molar-refractivity contribution in [3.8, 4) is 0 Å². The summed E-state index contributed by atoms with van der Waals surface area (Å²) in [4.78, 5) is 6.99. The zero-order chi connectivity index (χ0) is 12.4. The van der Waals surface area contributed by atoms with E-state index >= 15 is 0 Å². The molecule has 0 unspecified atom stereocenters. The van der Waals surface area contributed by atoms with Gasteiger partial charge in [0.1, 0.15) is 11.0 Å². The number of nitrogens with zero attached hydrogens (tertiary/aromatic N) is 2. The minimum atomic E-state index is 0.671. The average molecular weight is 270 g/mol. The Hall–Kier alpha value is -0.840. The van der Waals surface area contributed by atoms with Gasteiger partial charge < -0.3 is 9.88 Å². The highest BCUT2D eigenvalue weighted by molar-refractivity contribution is 7.12. The Labute approximate surface area is 110 Å². The normalized spacial score (nSPS) is 11.1. The first-order valence-corrected chi connectivity index (χ1v) is 6.70. The van der Waals surface area contributed by atoms with Gasteiger partial charge in [0.05, 0.1) is 12.7 Å². The van der Waals surface area contributed by atoms with Gasteiger partial charge in [0, 0.05) is 23.3 Å². The van der Waals surface area contributed by atoms with E-state index in [0.29, 0.717) is 5.15 Å². The summed E-state index contributed by atoms with van der Waals surface area (Å²) in [6.07, 6.45) is 1.68. The molecule has 92 valence electrons. The number of aromatic nitrogens is 2. The molecular weight excluding hydrogens is 254 g/mol. The van der Waals surface area contributed by atoms with E-state index in [4.69, 9.17) is 11.6 Å². The summed E-state index contributed by atoms with van der Waals surface area (Å²) in [5.41, 5.74) is 1.37. The Kier molecular flexibility index (Phi) is 3.86. The molecule has 2 aromatic rings. The summed E-state index contributed by atoms with van der Waals surface area (Å²) in [7, 11) is 1.92. The van der Waals surface area contributed by atoms with E-state index in [0.717, 1.165) is 18.9 Å². The molecule has 0 amide bonds. The molecule has 0 aliphatic rings. The number of rotatable bonds is 4. The predicted octanol–water partition coefficient (Wildman–Crippen LogP) is 3.04. The van der Waals surface area contributed by atoms with Gasteiger partial charge >= 0.3 is 0 Å². The number of nitrogens with one attached hydrogen (secondary N) is 1. The van der Waals surface area contributed by atoms with Gasteiger partial charge in [-0.05, 0) is 25.5 Å². The third kappa shape index (κ3) is 2.89. The van der Waals surface area contributed by atoms with Gasteiger partial charge in [-0.25, -0.2) is 4.98 Å². The summed E-state index contributed by atoms with van der Waals surface area (Å²) in [5, 5.41) is 4.05. The lowest BCUT2D eigenvalue weighted by Crippen LogP contribution is -2.15. The van der Waals surface area contributed by atoms with Gasteiger partial charge in [-0.15, -0.1) is 11.3 Å². The molecule has 0 aliphatic carbocycles. The van der Waals surface area contributed by atoms with Crippen molar-refractivity contribution in [3.63, 3.8) is 0 Å². The first-order chi connectivity index (χ1) is 8.08. The second-order valence-corrected chi connectivity index (χ2v) is 5.84. The maximum Gasteiger partial charge on any atom is 0.128 e. The van der Waals surface area contributed by atoms with Gasteiger partial charge in [-0.3, -0.25) is 0 Å². The van der Waals surface area contributed by atoms with Gasteiger partial charge in [-0.1, -0.05) is 11.6 Å². The molecule has 0 aliphatic heterocycles. The third-order valence-electron chi connectivity index (χ3n) is 2.83. The van der Waals surface area contributed by atoms with Crippen molar-refractivity contribution in [1.29, 1.82) is 0 Å². The van der Waals surface area contributed by atoms with Crippen LogP contribution < -0.4 is 5.32 Å². The maximum atomic E-state index is 5.92. The fourth-order valence-electron chi connectivity index (χ4n) is 1.62. The van der Waals surface area contributed by atoms with E-state index < -0.39 is 0 Å². The van der Waals surface area contributed by atoms with Gasteiger partial charge in [0.25, 0.3) is 0 Å². The molecule has 0 bridgehead atoms. The fraction of sp³-hybridized carbons (Fsp3) is 0.417. The van der Waals surface area contributed by atoms with Crippen LogP contribution in [0.1, 0.15) is 21.1 Å². The topological polar surface area (TPSA) is 29.9 Å². The first kappa shape index (κ1) is 12.6. The van der Waals surface area contributed by atoms with Gasteiger partial charge in [0.15, 0.2) is 0 Å². The molecule has 2 heterocycles. The average Bonchev–Trinajstić information content (AvgIpc) is 2.76. The highest BCUT2D eigenvalue weighted by Crippen LogP contribution is 2.20. The highest BCUT2D eigenvalue weighted by atomic mass is 35.5. The summed E-state index contributed by atoms with van der Waals surface area (Å²) < 4.78 is 1.89. The second kappa shape index (κ2) is 5.21. The minimum absolute atomic E-state index is 0.671. The number of hydrogen-bond donors (Lipinski definition) is 1. The molecule has 2 rings (SSSR count). The van der Waals surface area contributed by atoms with E-state index in [1.165, 1.54) is 15.3 Å². The van der Waals surface area contributed by atoms with E-state index in [1.54, 1.807) is 6.20 Å². The second-order valence-electron chi connectivity index (χ2n) is 4.11. The van der Waals surface area contributed by atoms with Crippen molar-refractivity contribution < 1.29 is 0 Å². The molecule has 2 aromatic heterocycles. The number of hydrogen-bond acceptors (Lipinski definition) is 3. The Bertz CT molecular complexity index is 496. The van der Waals surface area contributed by atoms with E-state index in [9.17, 15) is 0 Å². The van der Waals surface area contributed by atoms with Crippen LogP contribution in [0.15, 0.2) is 12.3 Å². The number of halogens is 1. The van der Waals surface area contributed by atoms with Crippen molar-refractivity contribution in [2.75, 3.05) is 0 Å². The number of aryl methyl sites for hydroxylation is 2. The summed E-state index contributed by atoms with van der Waals surface area (Å²) in [6, 6.07) is 2.23. The minimum Gasteiger partial charge on any atom is -0.321 e. The van der Waals surface area contributed by atoms with Crippen LogP contribution >= 0.6 is 22.9 Å². The lowest BCUT2D eigenvalue weighted by molar-refractivity contribution is 0.644. The lowest BCUT2D eigenvalue weighted by Gasteiger charge is -2.03. The third-order valence-corrected chi connectivity index (χ3v) is 4.33. The zero-order valence-corrected chi connectivity index (χ0v) is 11.8. The first-order valence-electron chi connectivity index (χ1n) is 5.50. The molecule has 3 nitrogen and oxygen atoms in total. The molecule has 0 atom stereocenters. The smallest absolute Gasteiger partial charge is 0.128 e. The van der Waals surface area contributed by atoms with Crippen molar-refractivity contribution in [2.24, 2.45) is 7.05 Å². The quantitative estimate of drug-likeness (QED) is 0.925. The lowest BCUT2D eigenvalue weighted by atomic mass is 10.3. The fourth-order valence-corrected chi connectivity index (χ4v) is 2.79. The number of thiophene rings is 1. The van der Waals surface area contributed by atoms with Crippen LogP contribution in [0.3, 0.4) is 0 Å². The number of imidazole rings is 1. The molecule has 0 fully saturated rings. The van der Waals surface area contributed by atoms with Crippen molar-refractivity contribution in [3.05, 3.63) is 38.6 Å². The molecule has 0 saturated carbocycles. The van der Waals surface area contributed by atoms with E-state index in [1.807, 2.05) is 23.0 Å². The van der Waals surface area contributed by atoms with Crippen LogP contribution in [0, 0.1) is 13.8 Å². The van der Waals surface area contributed by atoms with E-state index in [-0.39, 0.29) is 0 Å². The van der Waals surface area contributed by atoms with Crippen LogP contribution in [-0.4, -0.2) is 9.55 Å². The van der Waals surface area contributed by atoms with Crippen LogP contribution in [0.2, 0.25) is 5.15 Å². The van der Waals surface area contributed by atoms with Crippen molar-refractivity contribution in [1.82, 2.24) is 14.9 Å². The Morgan fingerprint density at radius 3 is 2.71 bits per heavy atom. The van der Waals surface area contributed by atoms with Crippen LogP contribution in [0.25, 0.3) is 0 Å². The summed E-state index contributed by atoms with van der Waals surface area (Å²) in [5.74, 6) is 0.958. The van der Waals surface area contributed by atoms with Crippen molar-refractivity contribution in [2.45, 2.75) is 26.9 Å². The molecule has 1 N–H and O–H groups in total. The molecule has 17 heavy (non-hydrogen) atoms. The molecule has 0 aromatic carbocycles. The van der Waals surface area contributed by atoms with Gasteiger partial charge in [-0.2, -0.15) is 0 Å². The summed E-state index contributed by atoms with van der Waals surface area (Å²) >= 11 is 7.77. The Morgan fingerprint density at radius 2 is 2.18 bits per heavy atom. The van der Waals surface area contributed by atoms with Crippen LogP contribution in [0.4, 0.5) is 0 Å². The molecular formula is C12H16ClN3S. The predicted molar refractivity (Wildman–Crippen MR) is 72.6 cm³/mol. The highest BCUT2D eigenvalue weighted by Gasteiger charge is 2.05. The Balaban J connectivity index is 1.89. The summed E-state index contributed by atoms with van der Waals surface area (Å²) in [6.45, 7) is 5.92. The zero-order valence-electron chi connectivity index (χ0n) is 10.2. The molecule has 0 saturated heterocycles. The standard InChI is InChI=1S/C12H16ClN3S/c1-8-4-10(17-9(8)2)5-14-7-12-15-6-11(13)16(12)3/h4,6,14H,5,7H2,1-3H3. The maximum absolute atomic E-state index is 5.92.